The highest BCUT2D eigenvalue weighted by atomic mass is 16.5. The Morgan fingerprint density at radius 3 is 3.06 bits per heavy atom. The van der Waals surface area contributed by atoms with Crippen molar-refractivity contribution in [3.8, 4) is 0 Å². The van der Waals surface area contributed by atoms with Gasteiger partial charge in [0.1, 0.15) is 0 Å². The van der Waals surface area contributed by atoms with E-state index in [1.807, 2.05) is 0 Å². The zero-order valence-corrected chi connectivity index (χ0v) is 10.4. The molecule has 1 amide bonds. The summed E-state index contributed by atoms with van der Waals surface area (Å²) in [7, 11) is 0. The molecule has 0 aromatic carbocycles. The van der Waals surface area contributed by atoms with Gasteiger partial charge in [0.25, 0.3) is 0 Å². The third-order valence-corrected chi connectivity index (χ3v) is 2.90. The number of nitrogens with one attached hydrogen (secondary N) is 2. The lowest BCUT2D eigenvalue weighted by Gasteiger charge is -2.22. The van der Waals surface area contributed by atoms with Crippen molar-refractivity contribution in [3.05, 3.63) is 0 Å². The number of hydrogen-bond donors (Lipinski definition) is 3. The number of carbonyl (C=O) groups excluding carboxylic acids is 1. The summed E-state index contributed by atoms with van der Waals surface area (Å²) < 4.78 is 5.10. The van der Waals surface area contributed by atoms with Crippen LogP contribution in [-0.2, 0) is 9.53 Å². The highest BCUT2D eigenvalue weighted by Crippen LogP contribution is 2.13. The highest BCUT2D eigenvalue weighted by Gasteiger charge is 2.16. The van der Waals surface area contributed by atoms with Crippen LogP contribution in [-0.4, -0.2) is 50.5 Å². The maximum Gasteiger partial charge on any atom is 0.220 e. The Hall–Kier alpha value is -0.650. The highest BCUT2D eigenvalue weighted by molar-refractivity contribution is 5.76. The minimum atomic E-state index is 0.0566. The number of aliphatic hydroxyl groups excluding tert-OH is 1. The summed E-state index contributed by atoms with van der Waals surface area (Å²) >= 11 is 0. The largest absolute Gasteiger partial charge is 0.394 e. The van der Waals surface area contributed by atoms with Crippen LogP contribution in [0.2, 0.25) is 0 Å². The monoisotopic (exact) mass is 244 g/mol. The van der Waals surface area contributed by atoms with Gasteiger partial charge >= 0.3 is 0 Å². The van der Waals surface area contributed by atoms with Crippen molar-refractivity contribution < 1.29 is 14.6 Å². The molecule has 0 saturated carbocycles. The molecule has 0 bridgehead atoms. The zero-order valence-electron chi connectivity index (χ0n) is 10.4. The molecule has 0 spiro atoms. The molecule has 1 aliphatic rings. The van der Waals surface area contributed by atoms with Crippen LogP contribution in [0.1, 0.15) is 25.7 Å². The van der Waals surface area contributed by atoms with Gasteiger partial charge < -0.3 is 20.5 Å². The Morgan fingerprint density at radius 1 is 1.47 bits per heavy atom. The van der Waals surface area contributed by atoms with Crippen LogP contribution in [0.25, 0.3) is 0 Å². The molecule has 1 heterocycles. The normalized spacial score (nSPS) is 20.2. The number of hydrogen-bond acceptors (Lipinski definition) is 4. The second kappa shape index (κ2) is 9.39. The van der Waals surface area contributed by atoms with Gasteiger partial charge in [0.2, 0.25) is 5.91 Å². The standard InChI is InChI=1S/C12H24N2O3/c15-6-8-17-7-2-5-14-12(16)9-11-3-1-4-13-10-11/h11,13,15H,1-10H2,(H,14,16). The third-order valence-electron chi connectivity index (χ3n) is 2.90. The number of ether oxygens (including phenoxy) is 1. The van der Waals surface area contributed by atoms with Crippen LogP contribution in [0.5, 0.6) is 0 Å². The molecule has 0 aromatic rings. The summed E-state index contributed by atoms with van der Waals surface area (Å²) in [5.74, 6) is 0.634. The molecular formula is C12H24N2O3. The second-order valence-corrected chi connectivity index (χ2v) is 4.46. The van der Waals surface area contributed by atoms with Crippen LogP contribution in [0.15, 0.2) is 0 Å². The number of carbonyl (C=O) groups is 1. The minimum Gasteiger partial charge on any atom is -0.394 e. The van der Waals surface area contributed by atoms with Gasteiger partial charge in [-0.1, -0.05) is 0 Å². The van der Waals surface area contributed by atoms with Gasteiger partial charge in [0.05, 0.1) is 13.2 Å². The first-order valence-corrected chi connectivity index (χ1v) is 6.49. The molecule has 17 heavy (non-hydrogen) atoms. The molecule has 1 unspecified atom stereocenters. The SMILES string of the molecule is O=C(CC1CCCNC1)NCCCOCCO. The van der Waals surface area contributed by atoms with E-state index >= 15 is 0 Å². The van der Waals surface area contributed by atoms with Crippen molar-refractivity contribution in [2.24, 2.45) is 5.92 Å². The molecule has 5 heteroatoms. The van der Waals surface area contributed by atoms with Gasteiger partial charge in [-0.15, -0.1) is 0 Å². The fourth-order valence-electron chi connectivity index (χ4n) is 2.00. The molecular weight excluding hydrogens is 220 g/mol. The van der Waals surface area contributed by atoms with Gasteiger partial charge in [0, 0.05) is 19.6 Å². The van der Waals surface area contributed by atoms with Crippen molar-refractivity contribution in [1.82, 2.24) is 10.6 Å². The van der Waals surface area contributed by atoms with E-state index in [2.05, 4.69) is 10.6 Å². The third kappa shape index (κ3) is 7.31. The lowest BCUT2D eigenvalue weighted by molar-refractivity contribution is -0.122. The molecule has 1 aliphatic heterocycles. The summed E-state index contributed by atoms with van der Waals surface area (Å²) in [5.41, 5.74) is 0. The first kappa shape index (κ1) is 14.4. The average Bonchev–Trinajstić information content (AvgIpc) is 2.35. The Labute approximate surface area is 103 Å². The van der Waals surface area contributed by atoms with Crippen LogP contribution in [0, 0.1) is 5.92 Å². The maximum absolute atomic E-state index is 11.6. The molecule has 0 aromatic heterocycles. The van der Waals surface area contributed by atoms with Crippen molar-refractivity contribution in [1.29, 1.82) is 0 Å². The van der Waals surface area contributed by atoms with Crippen molar-refractivity contribution in [2.75, 3.05) is 39.5 Å². The molecule has 3 N–H and O–H groups in total. The summed E-state index contributed by atoms with van der Waals surface area (Å²) in [4.78, 5) is 11.6. The molecule has 100 valence electrons. The van der Waals surface area contributed by atoms with E-state index in [-0.39, 0.29) is 12.5 Å². The average molecular weight is 244 g/mol. The Balaban J connectivity index is 1.93. The fourth-order valence-corrected chi connectivity index (χ4v) is 2.00. The van der Waals surface area contributed by atoms with Crippen LogP contribution >= 0.6 is 0 Å². The van der Waals surface area contributed by atoms with E-state index < -0.39 is 0 Å². The van der Waals surface area contributed by atoms with Gasteiger partial charge in [-0.25, -0.2) is 0 Å². The molecule has 5 nitrogen and oxygen atoms in total. The lowest BCUT2D eigenvalue weighted by Crippen LogP contribution is -2.34. The van der Waals surface area contributed by atoms with Gasteiger partial charge in [-0.2, -0.15) is 0 Å². The molecule has 1 atom stereocenters. The summed E-state index contributed by atoms with van der Waals surface area (Å²) in [5, 5.41) is 14.7. The van der Waals surface area contributed by atoms with Gasteiger partial charge in [0.15, 0.2) is 0 Å². The van der Waals surface area contributed by atoms with E-state index in [4.69, 9.17) is 9.84 Å². The van der Waals surface area contributed by atoms with E-state index in [0.717, 1.165) is 25.9 Å². The van der Waals surface area contributed by atoms with Gasteiger partial charge in [-0.05, 0) is 38.3 Å². The van der Waals surface area contributed by atoms with Crippen LogP contribution in [0.3, 0.4) is 0 Å². The second-order valence-electron chi connectivity index (χ2n) is 4.46. The fraction of sp³-hybridized carbons (Fsp3) is 0.917. The smallest absolute Gasteiger partial charge is 0.220 e. The molecule has 0 aliphatic carbocycles. The van der Waals surface area contributed by atoms with Crippen molar-refractivity contribution in [2.45, 2.75) is 25.7 Å². The Bertz CT molecular complexity index is 206. The van der Waals surface area contributed by atoms with Crippen molar-refractivity contribution in [3.63, 3.8) is 0 Å². The first-order chi connectivity index (χ1) is 8.33. The number of aliphatic hydroxyl groups is 1. The Morgan fingerprint density at radius 2 is 2.35 bits per heavy atom. The van der Waals surface area contributed by atoms with Crippen molar-refractivity contribution >= 4 is 5.91 Å². The van der Waals surface area contributed by atoms with Crippen LogP contribution < -0.4 is 10.6 Å². The number of rotatable bonds is 8. The summed E-state index contributed by atoms with van der Waals surface area (Å²) in [6.07, 6.45) is 3.76. The summed E-state index contributed by atoms with van der Waals surface area (Å²) in [6.45, 7) is 3.73. The Kier molecular flexibility index (Phi) is 7.96. The van der Waals surface area contributed by atoms with Gasteiger partial charge in [-0.3, -0.25) is 4.79 Å². The zero-order chi connectivity index (χ0) is 12.3. The topological polar surface area (TPSA) is 70.6 Å². The molecule has 1 fully saturated rings. The first-order valence-electron chi connectivity index (χ1n) is 6.49. The maximum atomic E-state index is 11.6. The van der Waals surface area contributed by atoms with E-state index in [0.29, 0.717) is 32.1 Å². The predicted octanol–water partition coefficient (Wildman–Crippen LogP) is -0.109. The van der Waals surface area contributed by atoms with E-state index in [1.54, 1.807) is 0 Å². The van der Waals surface area contributed by atoms with E-state index in [9.17, 15) is 4.79 Å². The molecule has 1 rings (SSSR count). The lowest BCUT2D eigenvalue weighted by atomic mass is 9.96. The number of amides is 1. The number of piperidine rings is 1. The predicted molar refractivity (Wildman–Crippen MR) is 65.7 cm³/mol. The van der Waals surface area contributed by atoms with Crippen LogP contribution in [0.4, 0.5) is 0 Å². The molecule has 0 radical (unpaired) electrons. The summed E-state index contributed by atoms with van der Waals surface area (Å²) in [6, 6.07) is 0. The van der Waals surface area contributed by atoms with E-state index in [1.165, 1.54) is 6.42 Å². The minimum absolute atomic E-state index is 0.0566. The molecule has 1 saturated heterocycles. The quantitative estimate of drug-likeness (QED) is 0.521.